The summed E-state index contributed by atoms with van der Waals surface area (Å²) in [6.45, 7) is 0. The molecular formula is C21H20N7O5S4+. The summed E-state index contributed by atoms with van der Waals surface area (Å²) in [7, 11) is 3.22. The molecule has 3 aromatic heterocycles. The molecule has 2 atom stereocenters. The summed E-state index contributed by atoms with van der Waals surface area (Å²) in [5.74, 6) is -1.58. The molecule has 0 aliphatic carbocycles. The van der Waals surface area contributed by atoms with Crippen LogP contribution < -0.4 is 15.6 Å². The zero-order valence-corrected chi connectivity index (χ0v) is 22.7. The van der Waals surface area contributed by atoms with Crippen LogP contribution in [0.3, 0.4) is 0 Å². The van der Waals surface area contributed by atoms with Crippen LogP contribution in [0.4, 0.5) is 5.13 Å². The van der Waals surface area contributed by atoms with Gasteiger partial charge in [-0.1, -0.05) is 16.9 Å². The molecule has 5 rings (SSSR count). The average Bonchev–Trinajstić information content (AvgIpc) is 3.48. The van der Waals surface area contributed by atoms with Gasteiger partial charge in [0.05, 0.1) is 5.52 Å². The van der Waals surface area contributed by atoms with E-state index in [-0.39, 0.29) is 22.2 Å². The molecule has 2 aliphatic rings. The standard InChI is InChI=1S/C21H19N7O5S4/c1-27-4-3-10-12(5-27)37-21(24-10)36-7-9-6-34-18-14(17(30)28(18)15(9)19(31)32)25-16(29)13(26-33-2)11-8-35-20(22)23-11/h3-5,8,14,18H,6-7H2,1-2H3,(H3-,22,23,25,29,31,32)/p+1/t14?,18-/m0/s1. The number of oxime groups is 1. The number of carbonyl (C=O) groups is 3. The summed E-state index contributed by atoms with van der Waals surface area (Å²) in [4.78, 5) is 52.7. The Morgan fingerprint density at radius 1 is 1.43 bits per heavy atom. The topological polar surface area (TPSA) is 164 Å². The Bertz CT molecular complexity index is 1480. The van der Waals surface area contributed by atoms with Gasteiger partial charge in [0, 0.05) is 23.0 Å². The van der Waals surface area contributed by atoms with Crippen molar-refractivity contribution in [3.05, 3.63) is 40.8 Å². The molecular weight excluding hydrogens is 559 g/mol. The van der Waals surface area contributed by atoms with Gasteiger partial charge in [-0.15, -0.1) is 34.4 Å². The number of anilines is 1. The molecule has 5 heterocycles. The molecule has 37 heavy (non-hydrogen) atoms. The minimum absolute atomic E-state index is 0.0442. The van der Waals surface area contributed by atoms with E-state index in [1.54, 1.807) is 5.38 Å². The molecule has 0 bridgehead atoms. The van der Waals surface area contributed by atoms with Gasteiger partial charge in [0.2, 0.25) is 0 Å². The number of aromatic nitrogens is 3. The predicted molar refractivity (Wildman–Crippen MR) is 141 cm³/mol. The zero-order valence-electron chi connectivity index (χ0n) is 19.4. The fraction of sp³-hybridized carbons (Fsp3) is 0.286. The van der Waals surface area contributed by atoms with E-state index in [1.807, 2.05) is 30.1 Å². The van der Waals surface area contributed by atoms with Gasteiger partial charge in [0.25, 0.3) is 11.8 Å². The molecule has 0 spiro atoms. The highest BCUT2D eigenvalue weighted by Gasteiger charge is 2.54. The number of aryl methyl sites for hydroxylation is 1. The maximum absolute atomic E-state index is 13.0. The molecule has 0 aromatic carbocycles. The van der Waals surface area contributed by atoms with Crippen molar-refractivity contribution in [1.29, 1.82) is 0 Å². The van der Waals surface area contributed by atoms with Gasteiger partial charge in [-0.05, 0) is 5.57 Å². The minimum atomic E-state index is -1.19. The van der Waals surface area contributed by atoms with Crippen LogP contribution in [0.15, 0.2) is 44.6 Å². The number of nitrogens with zero attached hydrogens (tertiary/aromatic N) is 5. The summed E-state index contributed by atoms with van der Waals surface area (Å²) < 4.78 is 3.79. The summed E-state index contributed by atoms with van der Waals surface area (Å²) in [6, 6.07) is 1.02. The van der Waals surface area contributed by atoms with Crippen LogP contribution in [-0.2, 0) is 26.3 Å². The third kappa shape index (κ3) is 4.88. The Labute approximate surface area is 226 Å². The number of pyridine rings is 1. The number of carboxylic acids is 1. The van der Waals surface area contributed by atoms with E-state index in [1.165, 1.54) is 46.9 Å². The smallest absolute Gasteiger partial charge is 0.352 e. The normalized spacial score (nSPS) is 19.6. The molecule has 0 radical (unpaired) electrons. The second kappa shape index (κ2) is 10.3. The molecule has 3 aromatic rings. The lowest BCUT2D eigenvalue weighted by Crippen LogP contribution is -2.71. The Hall–Kier alpha value is -3.21. The first kappa shape index (κ1) is 25.4. The minimum Gasteiger partial charge on any atom is -0.477 e. The number of nitrogen functional groups attached to an aromatic ring is 1. The quantitative estimate of drug-likeness (QED) is 0.116. The van der Waals surface area contributed by atoms with E-state index in [0.29, 0.717) is 17.1 Å². The summed E-state index contributed by atoms with van der Waals surface area (Å²) in [6.07, 6.45) is 3.90. The fourth-order valence-corrected chi connectivity index (χ4v) is 8.03. The number of hydrogen-bond acceptors (Lipinski definition) is 12. The second-order valence-corrected chi connectivity index (χ2v) is 12.2. The van der Waals surface area contributed by atoms with Crippen molar-refractivity contribution in [3.63, 3.8) is 0 Å². The van der Waals surface area contributed by atoms with E-state index in [9.17, 15) is 19.5 Å². The number of fused-ring (bicyclic) bond motifs is 2. The number of amides is 2. The van der Waals surface area contributed by atoms with Crippen LogP contribution in [0.1, 0.15) is 5.69 Å². The molecule has 2 amide bonds. The monoisotopic (exact) mass is 578 g/mol. The number of thioether (sulfide) groups is 2. The van der Waals surface area contributed by atoms with Gasteiger partial charge in [-0.3, -0.25) is 14.5 Å². The highest BCUT2D eigenvalue weighted by molar-refractivity contribution is 8.02. The van der Waals surface area contributed by atoms with Crippen LogP contribution in [-0.4, -0.2) is 73.5 Å². The maximum Gasteiger partial charge on any atom is 0.352 e. The van der Waals surface area contributed by atoms with E-state index in [0.717, 1.165) is 25.9 Å². The average molecular weight is 579 g/mol. The lowest BCUT2D eigenvalue weighted by atomic mass is 10.0. The van der Waals surface area contributed by atoms with Crippen LogP contribution in [0.5, 0.6) is 0 Å². The SMILES string of the molecule is CON=C(C(=O)NC1C(=O)N2C(C(=O)O)=C(CSc3nc4cc[n+](C)cc4s3)CS[C@@H]12)c1csc(N)n1. The first-order chi connectivity index (χ1) is 17.8. The predicted octanol–water partition coefficient (Wildman–Crippen LogP) is 1.04. The number of β-lactam (4-membered cyclic amide) rings is 1. The van der Waals surface area contributed by atoms with Crippen molar-refractivity contribution in [1.82, 2.24) is 20.2 Å². The highest BCUT2D eigenvalue weighted by Crippen LogP contribution is 2.42. The first-order valence-corrected chi connectivity index (χ1v) is 14.4. The van der Waals surface area contributed by atoms with Crippen molar-refractivity contribution in [2.75, 3.05) is 24.3 Å². The summed E-state index contributed by atoms with van der Waals surface area (Å²) in [5.41, 5.74) is 7.21. The Kier molecular flexibility index (Phi) is 7.06. The van der Waals surface area contributed by atoms with Gasteiger partial charge in [0.1, 0.15) is 41.7 Å². The number of carboxylic acid groups (broad SMARTS) is 1. The zero-order chi connectivity index (χ0) is 26.3. The van der Waals surface area contributed by atoms with Crippen LogP contribution in [0.25, 0.3) is 10.2 Å². The third-order valence-electron chi connectivity index (χ3n) is 5.52. The highest BCUT2D eigenvalue weighted by atomic mass is 32.2. The van der Waals surface area contributed by atoms with Crippen LogP contribution in [0.2, 0.25) is 0 Å². The number of aliphatic carboxylic acids is 1. The molecule has 0 saturated carbocycles. The second-order valence-electron chi connectivity index (χ2n) is 7.94. The van der Waals surface area contributed by atoms with Gasteiger partial charge in [-0.25, -0.2) is 19.3 Å². The molecule has 1 saturated heterocycles. The molecule has 4 N–H and O–H groups in total. The van der Waals surface area contributed by atoms with Crippen molar-refractivity contribution >= 4 is 85.0 Å². The Morgan fingerprint density at radius 2 is 2.24 bits per heavy atom. The van der Waals surface area contributed by atoms with Gasteiger partial charge >= 0.3 is 5.97 Å². The first-order valence-electron chi connectivity index (χ1n) is 10.7. The van der Waals surface area contributed by atoms with E-state index in [2.05, 4.69) is 20.4 Å². The lowest BCUT2D eigenvalue weighted by Gasteiger charge is -2.49. The van der Waals surface area contributed by atoms with Gasteiger partial charge in [0.15, 0.2) is 27.6 Å². The van der Waals surface area contributed by atoms with E-state index < -0.39 is 29.2 Å². The van der Waals surface area contributed by atoms with Crippen LogP contribution >= 0.6 is 46.2 Å². The Morgan fingerprint density at radius 3 is 2.95 bits per heavy atom. The van der Waals surface area contributed by atoms with E-state index in [4.69, 9.17) is 10.6 Å². The summed E-state index contributed by atoms with van der Waals surface area (Å²) in [5, 5.41) is 17.6. The summed E-state index contributed by atoms with van der Waals surface area (Å²) >= 11 is 5.50. The molecule has 2 aliphatic heterocycles. The van der Waals surface area contributed by atoms with Gasteiger partial charge in [-0.2, -0.15) is 0 Å². The number of thiazole rings is 2. The largest absolute Gasteiger partial charge is 0.477 e. The molecule has 16 heteroatoms. The van der Waals surface area contributed by atoms with Gasteiger partial charge < -0.3 is 21.0 Å². The third-order valence-corrected chi connectivity index (χ3v) is 9.77. The number of hydrogen-bond donors (Lipinski definition) is 3. The lowest BCUT2D eigenvalue weighted by molar-refractivity contribution is -0.670. The fourth-order valence-electron chi connectivity index (χ4n) is 3.86. The van der Waals surface area contributed by atoms with Crippen LogP contribution in [0, 0.1) is 0 Å². The number of carbonyl (C=O) groups excluding carboxylic acids is 2. The molecule has 1 fully saturated rings. The molecule has 192 valence electrons. The van der Waals surface area contributed by atoms with E-state index >= 15 is 0 Å². The molecule has 1 unspecified atom stereocenters. The Balaban J connectivity index is 1.31. The van der Waals surface area contributed by atoms with Crippen molar-refractivity contribution < 1.29 is 28.9 Å². The maximum atomic E-state index is 13.0. The van der Waals surface area contributed by atoms with Crippen molar-refractivity contribution in [3.8, 4) is 0 Å². The van der Waals surface area contributed by atoms with Crippen molar-refractivity contribution in [2.45, 2.75) is 15.8 Å². The number of nitrogens with two attached hydrogens (primary N) is 1. The van der Waals surface area contributed by atoms with Crippen molar-refractivity contribution in [2.24, 2.45) is 12.2 Å². The molecule has 12 nitrogen and oxygen atoms in total. The number of nitrogens with one attached hydrogen (secondary N) is 1. The number of rotatable bonds is 8.